The summed E-state index contributed by atoms with van der Waals surface area (Å²) in [5.41, 5.74) is 0. The molecule has 13 heavy (non-hydrogen) atoms. The number of ether oxygens (including phenoxy) is 1. The van der Waals surface area contributed by atoms with Crippen molar-refractivity contribution in [3.05, 3.63) is 0 Å². The second-order valence-corrected chi connectivity index (χ2v) is 3.75. The number of carboxylic acid groups (broad SMARTS) is 1. The summed E-state index contributed by atoms with van der Waals surface area (Å²) in [6.07, 6.45) is 2.79. The molecule has 0 saturated carbocycles. The molecule has 0 bridgehead atoms. The number of hydrogen-bond acceptors (Lipinski definition) is 3. The molecule has 0 spiro atoms. The van der Waals surface area contributed by atoms with E-state index in [1.54, 1.807) is 0 Å². The molecule has 2 aliphatic rings. The first-order valence-corrected chi connectivity index (χ1v) is 4.85. The lowest BCUT2D eigenvalue weighted by Crippen LogP contribution is -2.43. The number of hydrogen-bond donors (Lipinski definition) is 1. The van der Waals surface area contributed by atoms with Crippen molar-refractivity contribution in [2.45, 2.75) is 31.3 Å². The zero-order valence-corrected chi connectivity index (χ0v) is 7.61. The number of carbonyl (C=O) groups is 1. The molecule has 0 aliphatic carbocycles. The molecule has 1 unspecified atom stereocenters. The molecule has 2 rings (SSSR count). The van der Waals surface area contributed by atoms with E-state index in [0.29, 0.717) is 12.6 Å². The predicted molar refractivity (Wildman–Crippen MR) is 46.6 cm³/mol. The molecule has 2 heterocycles. The molecule has 0 radical (unpaired) electrons. The lowest BCUT2D eigenvalue weighted by Gasteiger charge is -2.26. The largest absolute Gasteiger partial charge is 0.480 e. The summed E-state index contributed by atoms with van der Waals surface area (Å²) in [4.78, 5) is 13.0. The maximum absolute atomic E-state index is 10.9. The Labute approximate surface area is 77.5 Å². The average molecular weight is 185 g/mol. The Morgan fingerprint density at radius 3 is 2.92 bits per heavy atom. The predicted octanol–water partition coefficient (Wildman–Crippen LogP) is 0.324. The minimum Gasteiger partial charge on any atom is -0.480 e. The summed E-state index contributed by atoms with van der Waals surface area (Å²) in [6.45, 7) is 2.42. The molecule has 1 N–H and O–H groups in total. The Morgan fingerprint density at radius 2 is 2.31 bits per heavy atom. The first-order valence-electron chi connectivity index (χ1n) is 4.85. The van der Waals surface area contributed by atoms with Crippen molar-refractivity contribution in [2.24, 2.45) is 0 Å². The zero-order valence-electron chi connectivity index (χ0n) is 7.61. The molecule has 2 fully saturated rings. The van der Waals surface area contributed by atoms with Gasteiger partial charge in [0.05, 0.1) is 6.61 Å². The SMILES string of the molecule is O=C(O)[C@@H]1CCCN1C1CCOC1. The molecule has 0 amide bonds. The molecule has 4 heteroatoms. The van der Waals surface area contributed by atoms with Crippen molar-refractivity contribution >= 4 is 5.97 Å². The molecule has 0 aromatic carbocycles. The van der Waals surface area contributed by atoms with Gasteiger partial charge >= 0.3 is 5.97 Å². The van der Waals surface area contributed by atoms with E-state index >= 15 is 0 Å². The van der Waals surface area contributed by atoms with E-state index in [1.165, 1.54) is 0 Å². The van der Waals surface area contributed by atoms with Gasteiger partial charge < -0.3 is 9.84 Å². The molecular weight excluding hydrogens is 170 g/mol. The van der Waals surface area contributed by atoms with Gasteiger partial charge in [0.25, 0.3) is 0 Å². The minimum absolute atomic E-state index is 0.258. The summed E-state index contributed by atoms with van der Waals surface area (Å²) in [5, 5.41) is 8.96. The normalized spacial score (nSPS) is 35.4. The van der Waals surface area contributed by atoms with Gasteiger partial charge in [0.1, 0.15) is 6.04 Å². The van der Waals surface area contributed by atoms with Gasteiger partial charge in [-0.3, -0.25) is 9.69 Å². The monoisotopic (exact) mass is 185 g/mol. The van der Waals surface area contributed by atoms with Crippen LogP contribution < -0.4 is 0 Å². The van der Waals surface area contributed by atoms with Crippen LogP contribution in [-0.2, 0) is 9.53 Å². The summed E-state index contributed by atoms with van der Waals surface area (Å²) in [7, 11) is 0. The van der Waals surface area contributed by atoms with Crippen LogP contribution in [0.25, 0.3) is 0 Å². The Bertz CT molecular complexity index is 201. The van der Waals surface area contributed by atoms with Crippen LogP contribution in [-0.4, -0.2) is 47.8 Å². The number of likely N-dealkylation sites (tertiary alicyclic amines) is 1. The van der Waals surface area contributed by atoms with E-state index in [9.17, 15) is 4.79 Å². The summed E-state index contributed by atoms with van der Waals surface area (Å²) in [6, 6.07) is 0.0929. The van der Waals surface area contributed by atoms with Crippen molar-refractivity contribution in [2.75, 3.05) is 19.8 Å². The van der Waals surface area contributed by atoms with Crippen molar-refractivity contribution in [3.63, 3.8) is 0 Å². The maximum atomic E-state index is 10.9. The van der Waals surface area contributed by atoms with Gasteiger partial charge in [-0.15, -0.1) is 0 Å². The first-order chi connectivity index (χ1) is 6.29. The summed E-state index contributed by atoms with van der Waals surface area (Å²) >= 11 is 0. The summed E-state index contributed by atoms with van der Waals surface area (Å²) in [5.74, 6) is -0.676. The van der Waals surface area contributed by atoms with Crippen LogP contribution in [0.15, 0.2) is 0 Å². The Kier molecular flexibility index (Phi) is 2.51. The second kappa shape index (κ2) is 3.64. The van der Waals surface area contributed by atoms with Crippen molar-refractivity contribution in [1.29, 1.82) is 0 Å². The zero-order chi connectivity index (χ0) is 9.26. The van der Waals surface area contributed by atoms with Gasteiger partial charge in [-0.2, -0.15) is 0 Å². The topological polar surface area (TPSA) is 49.8 Å². The fraction of sp³-hybridized carbons (Fsp3) is 0.889. The van der Waals surface area contributed by atoms with E-state index in [4.69, 9.17) is 9.84 Å². The standard InChI is InChI=1S/C9H15NO3/c11-9(12)8-2-1-4-10(8)7-3-5-13-6-7/h7-8H,1-6H2,(H,11,12)/t7?,8-/m0/s1. The third-order valence-corrected chi connectivity index (χ3v) is 2.95. The highest BCUT2D eigenvalue weighted by Crippen LogP contribution is 2.24. The van der Waals surface area contributed by atoms with Crippen LogP contribution in [0.5, 0.6) is 0 Å². The van der Waals surface area contributed by atoms with E-state index in [0.717, 1.165) is 32.4 Å². The van der Waals surface area contributed by atoms with E-state index in [-0.39, 0.29) is 6.04 Å². The molecule has 4 nitrogen and oxygen atoms in total. The van der Waals surface area contributed by atoms with E-state index in [2.05, 4.69) is 4.90 Å². The smallest absolute Gasteiger partial charge is 0.320 e. The van der Waals surface area contributed by atoms with E-state index in [1.807, 2.05) is 0 Å². The molecule has 74 valence electrons. The van der Waals surface area contributed by atoms with Gasteiger partial charge in [0.15, 0.2) is 0 Å². The molecule has 2 aliphatic heterocycles. The minimum atomic E-state index is -0.676. The van der Waals surface area contributed by atoms with E-state index < -0.39 is 5.97 Å². The van der Waals surface area contributed by atoms with Crippen LogP contribution >= 0.6 is 0 Å². The van der Waals surface area contributed by atoms with Crippen molar-refractivity contribution < 1.29 is 14.6 Å². The lowest BCUT2D eigenvalue weighted by molar-refractivity contribution is -0.142. The number of aliphatic carboxylic acids is 1. The second-order valence-electron chi connectivity index (χ2n) is 3.75. The van der Waals surface area contributed by atoms with Gasteiger partial charge in [0.2, 0.25) is 0 Å². The lowest BCUT2D eigenvalue weighted by atomic mass is 10.1. The Hall–Kier alpha value is -0.610. The number of nitrogens with zero attached hydrogens (tertiary/aromatic N) is 1. The fourth-order valence-corrected chi connectivity index (χ4v) is 2.27. The van der Waals surface area contributed by atoms with Crippen LogP contribution in [0, 0.1) is 0 Å². The molecular formula is C9H15NO3. The van der Waals surface area contributed by atoms with Crippen LogP contribution in [0.1, 0.15) is 19.3 Å². The highest BCUT2D eigenvalue weighted by Gasteiger charge is 2.36. The average Bonchev–Trinajstić information content (AvgIpc) is 2.74. The first kappa shape index (κ1) is 8.97. The third kappa shape index (κ3) is 1.69. The van der Waals surface area contributed by atoms with Crippen LogP contribution in [0.2, 0.25) is 0 Å². The van der Waals surface area contributed by atoms with Gasteiger partial charge in [-0.1, -0.05) is 0 Å². The summed E-state index contributed by atoms with van der Waals surface area (Å²) < 4.78 is 5.26. The van der Waals surface area contributed by atoms with Gasteiger partial charge in [0, 0.05) is 12.6 Å². The van der Waals surface area contributed by atoms with Crippen LogP contribution in [0.4, 0.5) is 0 Å². The molecule has 2 atom stereocenters. The Morgan fingerprint density at radius 1 is 1.46 bits per heavy atom. The fourth-order valence-electron chi connectivity index (χ4n) is 2.27. The number of rotatable bonds is 2. The molecule has 0 aromatic heterocycles. The molecule has 0 aromatic rings. The Balaban J connectivity index is 2.00. The molecule has 2 saturated heterocycles. The van der Waals surface area contributed by atoms with Crippen molar-refractivity contribution in [1.82, 2.24) is 4.90 Å². The van der Waals surface area contributed by atoms with Gasteiger partial charge in [-0.25, -0.2) is 0 Å². The third-order valence-electron chi connectivity index (χ3n) is 2.95. The quantitative estimate of drug-likeness (QED) is 0.673. The highest BCUT2D eigenvalue weighted by molar-refractivity contribution is 5.73. The van der Waals surface area contributed by atoms with Crippen molar-refractivity contribution in [3.8, 4) is 0 Å². The maximum Gasteiger partial charge on any atom is 0.320 e. The number of carboxylic acids is 1. The highest BCUT2D eigenvalue weighted by atomic mass is 16.5. The van der Waals surface area contributed by atoms with Crippen LogP contribution in [0.3, 0.4) is 0 Å². The van der Waals surface area contributed by atoms with Gasteiger partial charge in [-0.05, 0) is 25.8 Å².